The summed E-state index contributed by atoms with van der Waals surface area (Å²) in [6.45, 7) is 14.2. The van der Waals surface area contributed by atoms with Gasteiger partial charge in [0.25, 0.3) is 5.79 Å². The van der Waals surface area contributed by atoms with Crippen LogP contribution in [0, 0.1) is 0 Å². The largest absolute Gasteiger partial charge is 0.425 e. The zero-order valence-electron chi connectivity index (χ0n) is 20.2. The van der Waals surface area contributed by atoms with Crippen LogP contribution in [0.2, 0.25) is 18.1 Å². The van der Waals surface area contributed by atoms with E-state index in [2.05, 4.69) is 33.9 Å². The van der Waals surface area contributed by atoms with Crippen molar-refractivity contribution in [3.8, 4) is 5.75 Å². The molecule has 0 radical (unpaired) electrons. The number of para-hydroxylation sites is 1. The van der Waals surface area contributed by atoms with E-state index in [1.165, 1.54) is 0 Å². The number of carbonyl (C=O) groups is 2. The number of hydrogen-bond acceptors (Lipinski definition) is 8. The molecule has 182 valence electrons. The van der Waals surface area contributed by atoms with Crippen molar-refractivity contribution < 1.29 is 37.7 Å². The van der Waals surface area contributed by atoms with Gasteiger partial charge in [-0.3, -0.25) is 0 Å². The van der Waals surface area contributed by atoms with Crippen molar-refractivity contribution in [1.82, 2.24) is 4.90 Å². The molecule has 4 atom stereocenters. The Morgan fingerprint density at radius 1 is 1.15 bits per heavy atom. The van der Waals surface area contributed by atoms with Crippen molar-refractivity contribution in [1.29, 1.82) is 0 Å². The fourth-order valence-electron chi connectivity index (χ4n) is 3.98. The maximum atomic E-state index is 12.8. The van der Waals surface area contributed by atoms with Gasteiger partial charge in [0, 0.05) is 0 Å². The summed E-state index contributed by atoms with van der Waals surface area (Å²) in [5.41, 5.74) is 0. The minimum Gasteiger partial charge on any atom is -0.411 e. The molecule has 4 rings (SSSR count). The predicted molar refractivity (Wildman–Crippen MR) is 120 cm³/mol. The number of benzene rings is 1. The van der Waals surface area contributed by atoms with E-state index in [0.717, 1.165) is 4.90 Å². The average Bonchev–Trinajstić information content (AvgIpc) is 3.20. The van der Waals surface area contributed by atoms with Gasteiger partial charge in [-0.15, -0.1) is 0 Å². The molecule has 0 saturated carbocycles. The van der Waals surface area contributed by atoms with E-state index in [1.807, 2.05) is 13.8 Å². The van der Waals surface area contributed by atoms with Crippen LogP contribution in [0.1, 0.15) is 34.6 Å². The molecular formula is C23H33NO8Si. The van der Waals surface area contributed by atoms with Gasteiger partial charge in [0.1, 0.15) is 30.6 Å². The summed E-state index contributed by atoms with van der Waals surface area (Å²) in [6, 6.07) is 8.53. The molecule has 0 bridgehead atoms. The first-order chi connectivity index (χ1) is 15.2. The lowest BCUT2D eigenvalue weighted by molar-refractivity contribution is -0.282. The van der Waals surface area contributed by atoms with Gasteiger partial charge < -0.3 is 28.1 Å². The molecule has 3 aliphatic rings. The lowest BCUT2D eigenvalue weighted by Gasteiger charge is -2.48. The number of imide groups is 1. The van der Waals surface area contributed by atoms with E-state index < -0.39 is 44.3 Å². The third-order valence-electron chi connectivity index (χ3n) is 6.70. The number of carbonyl (C=O) groups excluding carboxylic acids is 2. The Kier molecular flexibility index (Phi) is 5.89. The van der Waals surface area contributed by atoms with Gasteiger partial charge in [0.2, 0.25) is 0 Å². The van der Waals surface area contributed by atoms with Gasteiger partial charge in [0.05, 0.1) is 6.61 Å². The third-order valence-corrected chi connectivity index (χ3v) is 11.2. The van der Waals surface area contributed by atoms with Crippen molar-refractivity contribution in [2.75, 3.05) is 13.2 Å². The summed E-state index contributed by atoms with van der Waals surface area (Å²) in [5, 5.41) is -0.120. The third kappa shape index (κ3) is 4.54. The topological polar surface area (TPSA) is 92.8 Å². The van der Waals surface area contributed by atoms with Crippen LogP contribution in [-0.2, 0) is 23.4 Å². The highest BCUT2D eigenvalue weighted by Gasteiger charge is 2.66. The molecule has 1 aromatic rings. The van der Waals surface area contributed by atoms with Crippen molar-refractivity contribution >= 4 is 20.5 Å². The summed E-state index contributed by atoms with van der Waals surface area (Å²) in [6.07, 6.45) is -3.39. The maximum absolute atomic E-state index is 12.8. The van der Waals surface area contributed by atoms with Gasteiger partial charge in [-0.25, -0.2) is 14.5 Å². The highest BCUT2D eigenvalue weighted by Crippen LogP contribution is 2.47. The van der Waals surface area contributed by atoms with Gasteiger partial charge in [-0.2, -0.15) is 0 Å². The van der Waals surface area contributed by atoms with Crippen LogP contribution in [0.15, 0.2) is 30.3 Å². The fourth-order valence-corrected chi connectivity index (χ4v) is 5.28. The Morgan fingerprint density at radius 3 is 2.45 bits per heavy atom. The molecule has 2 amide bonds. The zero-order valence-corrected chi connectivity index (χ0v) is 21.2. The standard InChI is InChI=1S/C23H33NO8Si/c1-21(2,3)33(6,7)32-18-17-16(29-22(4,5)30-17)13-27-23(18)14-24(20(26)31-23)19(25)28-15-11-9-8-10-12-15/h8-12,16-18H,13-14H2,1-7H3/t16-,17-,18+,23+/m1/s1. The van der Waals surface area contributed by atoms with Crippen LogP contribution >= 0.6 is 0 Å². The predicted octanol–water partition coefficient (Wildman–Crippen LogP) is 4.27. The van der Waals surface area contributed by atoms with Gasteiger partial charge >= 0.3 is 12.2 Å². The van der Waals surface area contributed by atoms with Gasteiger partial charge in [0.15, 0.2) is 14.1 Å². The molecule has 33 heavy (non-hydrogen) atoms. The van der Waals surface area contributed by atoms with Crippen molar-refractivity contribution in [2.24, 2.45) is 0 Å². The first-order valence-electron chi connectivity index (χ1n) is 11.2. The second kappa shape index (κ2) is 8.05. The second-order valence-electron chi connectivity index (χ2n) is 10.7. The maximum Gasteiger partial charge on any atom is 0.425 e. The summed E-state index contributed by atoms with van der Waals surface area (Å²) in [5.74, 6) is -2.04. The van der Waals surface area contributed by atoms with E-state index in [-0.39, 0.29) is 24.3 Å². The Morgan fingerprint density at radius 2 is 1.82 bits per heavy atom. The highest BCUT2D eigenvalue weighted by atomic mass is 28.4. The summed E-state index contributed by atoms with van der Waals surface area (Å²) >= 11 is 0. The lowest BCUT2D eigenvalue weighted by Crippen LogP contribution is -2.66. The minimum atomic E-state index is -2.37. The SMILES string of the molecule is CC1(C)O[C@@H]2[C@@H](CO[C@]3(CN(C(=O)Oc4ccccc4)C(=O)O3)[C@H]2O[Si](C)(C)C(C)(C)C)O1. The normalized spacial score (nSPS) is 31.4. The van der Waals surface area contributed by atoms with E-state index in [4.69, 9.17) is 28.1 Å². The molecule has 0 aromatic heterocycles. The van der Waals surface area contributed by atoms with Gasteiger partial charge in [-0.1, -0.05) is 39.0 Å². The lowest BCUT2D eigenvalue weighted by atomic mass is 9.97. The van der Waals surface area contributed by atoms with Crippen molar-refractivity contribution in [3.63, 3.8) is 0 Å². The van der Waals surface area contributed by atoms with Crippen LogP contribution < -0.4 is 4.74 Å². The fraction of sp³-hybridized carbons (Fsp3) is 0.652. The summed E-state index contributed by atoms with van der Waals surface area (Å²) in [4.78, 5) is 26.5. The number of amides is 2. The molecule has 9 nitrogen and oxygen atoms in total. The molecule has 0 aliphatic carbocycles. The molecule has 1 spiro atoms. The number of fused-ring (bicyclic) bond motifs is 1. The monoisotopic (exact) mass is 479 g/mol. The number of ether oxygens (including phenoxy) is 5. The van der Waals surface area contributed by atoms with Crippen LogP contribution in [-0.4, -0.2) is 68.4 Å². The molecular weight excluding hydrogens is 446 g/mol. The van der Waals surface area contributed by atoms with E-state index in [1.54, 1.807) is 30.3 Å². The number of nitrogens with zero attached hydrogens (tertiary/aromatic N) is 1. The zero-order chi connectivity index (χ0) is 24.2. The van der Waals surface area contributed by atoms with Crippen molar-refractivity contribution in [2.45, 2.75) is 82.6 Å². The Balaban J connectivity index is 1.62. The molecule has 10 heteroatoms. The number of rotatable bonds is 3. The molecule has 3 heterocycles. The molecule has 3 fully saturated rings. The smallest absolute Gasteiger partial charge is 0.411 e. The molecule has 1 aromatic carbocycles. The molecule has 0 unspecified atom stereocenters. The molecule has 3 aliphatic heterocycles. The van der Waals surface area contributed by atoms with E-state index in [9.17, 15) is 9.59 Å². The van der Waals surface area contributed by atoms with Crippen molar-refractivity contribution in [3.05, 3.63) is 30.3 Å². The van der Waals surface area contributed by atoms with E-state index >= 15 is 0 Å². The first kappa shape index (κ1) is 24.2. The minimum absolute atomic E-state index is 0.120. The quantitative estimate of drug-likeness (QED) is 0.594. The second-order valence-corrected chi connectivity index (χ2v) is 15.5. The Labute approximate surface area is 195 Å². The molecule has 0 N–H and O–H groups in total. The summed E-state index contributed by atoms with van der Waals surface area (Å²) < 4.78 is 36.1. The average molecular weight is 480 g/mol. The van der Waals surface area contributed by atoms with Crippen LogP contribution in [0.5, 0.6) is 5.75 Å². The number of hydrogen-bond donors (Lipinski definition) is 0. The van der Waals surface area contributed by atoms with Crippen LogP contribution in [0.25, 0.3) is 0 Å². The van der Waals surface area contributed by atoms with E-state index in [0.29, 0.717) is 5.75 Å². The highest BCUT2D eigenvalue weighted by molar-refractivity contribution is 6.74. The Hall–Kier alpha value is -1.98. The first-order valence-corrected chi connectivity index (χ1v) is 14.1. The Bertz CT molecular complexity index is 915. The van der Waals surface area contributed by atoms with Crippen LogP contribution in [0.4, 0.5) is 9.59 Å². The van der Waals surface area contributed by atoms with Gasteiger partial charge in [-0.05, 0) is 44.1 Å². The molecule has 3 saturated heterocycles. The van der Waals surface area contributed by atoms with Crippen LogP contribution in [0.3, 0.4) is 0 Å². The summed E-state index contributed by atoms with van der Waals surface area (Å²) in [7, 11) is -2.37.